The van der Waals surface area contributed by atoms with Gasteiger partial charge in [-0.25, -0.2) is 0 Å². The second-order valence-electron chi connectivity index (χ2n) is 6.38. The minimum atomic E-state index is -0.805. The highest BCUT2D eigenvalue weighted by Gasteiger charge is 2.62. The Morgan fingerprint density at radius 1 is 1.28 bits per heavy atom. The quantitative estimate of drug-likeness (QED) is 0.524. The Hall–Kier alpha value is -0.850. The highest BCUT2D eigenvalue weighted by molar-refractivity contribution is 5.84. The van der Waals surface area contributed by atoms with Gasteiger partial charge < -0.3 is 14.7 Å². The van der Waals surface area contributed by atoms with Gasteiger partial charge in [0.1, 0.15) is 5.54 Å². The summed E-state index contributed by atoms with van der Waals surface area (Å²) >= 11 is 0. The zero-order valence-electron chi connectivity index (χ0n) is 11.8. The molecule has 6 nitrogen and oxygen atoms in total. The average molecular weight is 257 g/mol. The lowest BCUT2D eigenvalue weighted by atomic mass is 9.84. The summed E-state index contributed by atoms with van der Waals surface area (Å²) in [5.74, 6) is -0.647. The van der Waals surface area contributed by atoms with E-state index in [0.717, 1.165) is 9.80 Å². The second kappa shape index (κ2) is 3.59. The van der Waals surface area contributed by atoms with E-state index in [1.807, 2.05) is 0 Å². The van der Waals surface area contributed by atoms with Gasteiger partial charge in [-0.2, -0.15) is 0 Å². The lowest BCUT2D eigenvalue weighted by molar-refractivity contribution is -0.542. The maximum atomic E-state index is 12.4. The highest BCUT2D eigenvalue weighted by Crippen LogP contribution is 2.38. The van der Waals surface area contributed by atoms with Crippen molar-refractivity contribution in [3.05, 3.63) is 5.21 Å². The fourth-order valence-corrected chi connectivity index (χ4v) is 2.23. The third-order valence-corrected chi connectivity index (χ3v) is 4.23. The molecular weight excluding hydrogens is 236 g/mol. The number of hydrogen-bond acceptors (Lipinski definition) is 4. The Morgan fingerprint density at radius 2 is 1.83 bits per heavy atom. The summed E-state index contributed by atoms with van der Waals surface area (Å²) in [5.41, 5.74) is -1.61. The molecule has 1 atom stereocenters. The maximum absolute atomic E-state index is 12.4. The van der Waals surface area contributed by atoms with Crippen molar-refractivity contribution in [3.8, 4) is 0 Å². The summed E-state index contributed by atoms with van der Waals surface area (Å²) in [6, 6.07) is 0. The minimum Gasteiger partial charge on any atom is -0.715 e. The molecule has 1 fully saturated rings. The lowest BCUT2D eigenvalue weighted by Gasteiger charge is -2.32. The number of nitrogens with zero attached hydrogens (tertiary/aromatic N) is 2. The van der Waals surface area contributed by atoms with Crippen LogP contribution in [0, 0.1) is 5.21 Å². The number of ether oxygens (including phenoxy) is 2. The van der Waals surface area contributed by atoms with Gasteiger partial charge in [0.2, 0.25) is 0 Å². The molecule has 103 valence electrons. The van der Waals surface area contributed by atoms with Gasteiger partial charge in [-0.1, -0.05) is 5.06 Å². The standard InChI is InChI=1S/C12H21N2O4/c1-10(2)11(3,4)14(16)9(13(10)15)8-7-17-12(5,6)18-8/h8H,7H2,1-6H3/t8-/m1/s1. The van der Waals surface area contributed by atoms with E-state index in [1.165, 1.54) is 0 Å². The van der Waals surface area contributed by atoms with Gasteiger partial charge in [-0.3, -0.25) is 4.74 Å². The Labute approximate surface area is 107 Å². The Kier molecular flexibility index (Phi) is 2.71. The zero-order chi connectivity index (χ0) is 13.9. The predicted molar refractivity (Wildman–Crippen MR) is 64.2 cm³/mol. The van der Waals surface area contributed by atoms with Gasteiger partial charge >= 0.3 is 5.84 Å². The first-order chi connectivity index (χ1) is 8.01. The lowest BCUT2D eigenvalue weighted by Crippen LogP contribution is -2.53. The first kappa shape index (κ1) is 13.6. The highest BCUT2D eigenvalue weighted by atomic mass is 16.7. The van der Waals surface area contributed by atoms with E-state index in [4.69, 9.17) is 9.47 Å². The van der Waals surface area contributed by atoms with Crippen LogP contribution in [0.5, 0.6) is 0 Å². The Balaban J connectivity index is 2.37. The first-order valence-electron chi connectivity index (χ1n) is 6.14. The smallest absolute Gasteiger partial charge is 0.316 e. The third-order valence-electron chi connectivity index (χ3n) is 4.23. The van der Waals surface area contributed by atoms with Crippen LogP contribution in [-0.4, -0.2) is 45.2 Å². The molecule has 0 spiro atoms. The number of amidine groups is 1. The normalized spacial score (nSPS) is 33.3. The zero-order valence-corrected chi connectivity index (χ0v) is 11.8. The van der Waals surface area contributed by atoms with Crippen molar-refractivity contribution >= 4 is 5.84 Å². The predicted octanol–water partition coefficient (Wildman–Crippen LogP) is 1.27. The molecule has 18 heavy (non-hydrogen) atoms. The van der Waals surface area contributed by atoms with E-state index in [1.54, 1.807) is 41.5 Å². The Morgan fingerprint density at radius 3 is 2.17 bits per heavy atom. The van der Waals surface area contributed by atoms with E-state index < -0.39 is 23.0 Å². The summed E-state index contributed by atoms with van der Waals surface area (Å²) in [4.78, 5) is 0. The van der Waals surface area contributed by atoms with E-state index >= 15 is 0 Å². The van der Waals surface area contributed by atoms with E-state index in [-0.39, 0.29) is 12.4 Å². The van der Waals surface area contributed by atoms with Crippen LogP contribution < -0.4 is 0 Å². The van der Waals surface area contributed by atoms with Crippen LogP contribution in [0.15, 0.2) is 0 Å². The third kappa shape index (κ3) is 1.63. The molecule has 2 aliphatic rings. The molecule has 0 aromatic carbocycles. The van der Waals surface area contributed by atoms with Crippen molar-refractivity contribution < 1.29 is 19.4 Å². The Bertz CT molecular complexity index is 401. The van der Waals surface area contributed by atoms with Crippen LogP contribution >= 0.6 is 0 Å². The second-order valence-corrected chi connectivity index (χ2v) is 6.38. The molecule has 0 saturated carbocycles. The summed E-state index contributed by atoms with van der Waals surface area (Å²) in [6.45, 7) is 10.8. The summed E-state index contributed by atoms with van der Waals surface area (Å²) < 4.78 is 11.8. The summed E-state index contributed by atoms with van der Waals surface area (Å²) in [6.07, 6.45) is -0.601. The summed E-state index contributed by atoms with van der Waals surface area (Å²) in [5, 5.41) is 25.5. The molecule has 0 N–H and O–H groups in total. The van der Waals surface area contributed by atoms with Crippen LogP contribution in [0.2, 0.25) is 0 Å². The molecule has 2 heterocycles. The maximum Gasteiger partial charge on any atom is 0.316 e. The van der Waals surface area contributed by atoms with Crippen LogP contribution in [-0.2, 0) is 14.7 Å². The van der Waals surface area contributed by atoms with Crippen molar-refractivity contribution in [2.45, 2.75) is 64.5 Å². The van der Waals surface area contributed by atoms with Crippen LogP contribution in [0.1, 0.15) is 41.5 Å². The molecule has 2 aliphatic heterocycles. The van der Waals surface area contributed by atoms with Gasteiger partial charge in [-0.15, -0.1) is 0 Å². The van der Waals surface area contributed by atoms with Crippen LogP contribution in [0.25, 0.3) is 0 Å². The van der Waals surface area contributed by atoms with Crippen molar-refractivity contribution in [2.24, 2.45) is 0 Å². The fourth-order valence-electron chi connectivity index (χ4n) is 2.23. The van der Waals surface area contributed by atoms with Crippen molar-refractivity contribution in [2.75, 3.05) is 6.61 Å². The average Bonchev–Trinajstić information content (AvgIpc) is 2.62. The van der Waals surface area contributed by atoms with E-state index in [9.17, 15) is 10.4 Å². The molecule has 1 saturated heterocycles. The minimum absolute atomic E-state index is 0.107. The van der Waals surface area contributed by atoms with Gasteiger partial charge in [0.15, 0.2) is 17.4 Å². The SMILES string of the molecule is CC1(C)OC[C@H](C2=[N+]([O-])C(C)(C)C(C)(C)N2[O])O1. The van der Waals surface area contributed by atoms with Crippen molar-refractivity contribution in [1.82, 2.24) is 5.06 Å². The number of rotatable bonds is 1. The van der Waals surface area contributed by atoms with Gasteiger partial charge in [0, 0.05) is 5.21 Å². The number of hydrogen-bond donors (Lipinski definition) is 0. The molecule has 0 unspecified atom stereocenters. The topological polar surface area (TPSA) is 67.7 Å². The van der Waals surface area contributed by atoms with Crippen molar-refractivity contribution in [1.29, 1.82) is 0 Å². The molecule has 1 radical (unpaired) electrons. The largest absolute Gasteiger partial charge is 0.715 e. The molecule has 0 aromatic heterocycles. The molecule has 0 bridgehead atoms. The molecule has 6 heteroatoms. The summed E-state index contributed by atoms with van der Waals surface area (Å²) in [7, 11) is 0. The van der Waals surface area contributed by atoms with Gasteiger partial charge in [-0.05, 0) is 41.5 Å². The van der Waals surface area contributed by atoms with Gasteiger partial charge in [0.05, 0.1) is 6.61 Å². The number of hydroxylamine groups is 3. The molecule has 0 aliphatic carbocycles. The molecule has 0 aromatic rings. The molecule has 0 amide bonds. The van der Waals surface area contributed by atoms with Crippen molar-refractivity contribution in [3.63, 3.8) is 0 Å². The first-order valence-corrected chi connectivity index (χ1v) is 6.14. The van der Waals surface area contributed by atoms with E-state index in [2.05, 4.69) is 0 Å². The van der Waals surface area contributed by atoms with E-state index in [0.29, 0.717) is 0 Å². The monoisotopic (exact) mass is 257 g/mol. The molecular formula is C12H21N2O4. The fraction of sp³-hybridized carbons (Fsp3) is 0.917. The van der Waals surface area contributed by atoms with Gasteiger partial charge in [0.25, 0.3) is 0 Å². The molecule has 2 rings (SSSR count). The van der Waals surface area contributed by atoms with Crippen LogP contribution in [0.4, 0.5) is 0 Å². The van der Waals surface area contributed by atoms with Crippen LogP contribution in [0.3, 0.4) is 0 Å².